The molecular weight excluding hydrogens is 969 g/mol. The summed E-state index contributed by atoms with van der Waals surface area (Å²) >= 11 is 0. The fourth-order valence-corrected chi connectivity index (χ4v) is 15.9. The predicted molar refractivity (Wildman–Crippen MR) is 244 cm³/mol. The van der Waals surface area contributed by atoms with Gasteiger partial charge in [-0.05, 0) is 97.7 Å². The van der Waals surface area contributed by atoms with Gasteiger partial charge in [0.2, 0.25) is 0 Å². The van der Waals surface area contributed by atoms with Gasteiger partial charge in [0.1, 0.15) is 91.6 Å². The van der Waals surface area contributed by atoms with E-state index >= 15 is 0 Å². The van der Waals surface area contributed by atoms with Gasteiger partial charge in [0.25, 0.3) is 0 Å². The monoisotopic (exact) mass is 1050 g/mol. The van der Waals surface area contributed by atoms with Crippen LogP contribution in [0.5, 0.6) is 0 Å². The summed E-state index contributed by atoms with van der Waals surface area (Å²) in [7, 11) is 0. The zero-order valence-electron chi connectivity index (χ0n) is 42.0. The highest BCUT2D eigenvalue weighted by atomic mass is 16.8. The van der Waals surface area contributed by atoms with Crippen molar-refractivity contribution >= 4 is 0 Å². The molecule has 6 saturated heterocycles. The molecule has 0 unspecified atom stereocenters. The predicted octanol–water partition coefficient (Wildman–Crippen LogP) is -3.30. The third kappa shape index (κ3) is 9.49. The molecule has 10 rings (SSSR count). The number of ether oxygens (including phenoxy) is 10. The minimum Gasteiger partial charge on any atom is -0.394 e. The Balaban J connectivity index is 0.822. The summed E-state index contributed by atoms with van der Waals surface area (Å²) in [6, 6.07) is 0. The molecule has 6 heterocycles. The average molecular weight is 1050 g/mol. The lowest BCUT2D eigenvalue weighted by atomic mass is 9.43. The summed E-state index contributed by atoms with van der Waals surface area (Å²) in [5, 5.41) is 141. The lowest BCUT2D eigenvalue weighted by Crippen LogP contribution is -2.68. The molecule has 1 spiro atoms. The van der Waals surface area contributed by atoms with Crippen molar-refractivity contribution in [1.29, 1.82) is 0 Å². The van der Waals surface area contributed by atoms with Crippen LogP contribution < -0.4 is 0 Å². The maximum atomic E-state index is 12.1. The number of aliphatic hydroxyl groups excluding tert-OH is 13. The van der Waals surface area contributed by atoms with Gasteiger partial charge in [-0.25, -0.2) is 0 Å². The highest BCUT2D eigenvalue weighted by Gasteiger charge is 2.70. The van der Waals surface area contributed by atoms with Crippen molar-refractivity contribution in [2.75, 3.05) is 33.0 Å². The Morgan fingerprint density at radius 2 is 1.11 bits per heavy atom. The minimum absolute atomic E-state index is 0.0758. The Kier molecular flexibility index (Phi) is 16.1. The van der Waals surface area contributed by atoms with E-state index in [1.54, 1.807) is 0 Å². The van der Waals surface area contributed by atoms with Gasteiger partial charge in [-0.15, -0.1) is 0 Å². The molecule has 0 aromatic heterocycles. The van der Waals surface area contributed by atoms with E-state index in [9.17, 15) is 66.4 Å². The summed E-state index contributed by atoms with van der Waals surface area (Å²) in [6.07, 6.45) is -26.8. The van der Waals surface area contributed by atoms with Crippen molar-refractivity contribution in [3.05, 3.63) is 0 Å². The van der Waals surface area contributed by atoms with Gasteiger partial charge in [-0.1, -0.05) is 27.7 Å². The molecule has 73 heavy (non-hydrogen) atoms. The minimum atomic E-state index is -2.01. The number of fused-ring (bicyclic) bond motifs is 7. The van der Waals surface area contributed by atoms with E-state index in [0.717, 1.165) is 45.1 Å². The Morgan fingerprint density at radius 1 is 0.493 bits per heavy atom. The first-order chi connectivity index (χ1) is 34.7. The number of aliphatic hydroxyl groups is 13. The van der Waals surface area contributed by atoms with Crippen molar-refractivity contribution in [3.8, 4) is 0 Å². The van der Waals surface area contributed by atoms with Crippen LogP contribution in [0.4, 0.5) is 0 Å². The third-order valence-corrected chi connectivity index (χ3v) is 20.0. The summed E-state index contributed by atoms with van der Waals surface area (Å²) < 4.78 is 61.2. The molecule has 6 aliphatic heterocycles. The number of rotatable bonds is 11. The highest BCUT2D eigenvalue weighted by Crippen LogP contribution is 2.71. The first-order valence-corrected chi connectivity index (χ1v) is 26.8. The molecule has 10 aliphatic rings. The number of hydrogen-bond acceptors (Lipinski definition) is 23. The van der Waals surface area contributed by atoms with Gasteiger partial charge in [-0.2, -0.15) is 0 Å². The molecule has 10 fully saturated rings. The molecule has 0 bridgehead atoms. The molecular formula is C50H82O23. The molecule has 4 saturated carbocycles. The average Bonchev–Trinajstić information content (AvgIpc) is 3.82. The maximum absolute atomic E-state index is 12.1. The van der Waals surface area contributed by atoms with E-state index in [2.05, 4.69) is 27.7 Å². The normalized spacial score (nSPS) is 58.2. The smallest absolute Gasteiger partial charge is 0.187 e. The zero-order chi connectivity index (χ0) is 52.2. The van der Waals surface area contributed by atoms with Gasteiger partial charge in [0.15, 0.2) is 30.9 Å². The molecule has 4 aliphatic carbocycles. The van der Waals surface area contributed by atoms with Crippen LogP contribution in [0.3, 0.4) is 0 Å². The second-order valence-corrected chi connectivity index (χ2v) is 24.0. The van der Waals surface area contributed by atoms with Crippen molar-refractivity contribution in [1.82, 2.24) is 0 Å². The van der Waals surface area contributed by atoms with Crippen LogP contribution in [0.2, 0.25) is 0 Å². The van der Waals surface area contributed by atoms with Crippen LogP contribution in [0, 0.1) is 52.3 Å². The largest absolute Gasteiger partial charge is 0.394 e. The first kappa shape index (κ1) is 55.4. The standard InChI is InChI=1S/C50H82O23/c1-19-5-10-50(65-17-19)20(2)32-28(73-50)13-24-22-12-26(54)25-11-21(6-8-48(25,3)23(22)7-9-49(24,32)4)66-45-40(63)37(60)41(31(16-53)69-45)70-47-43(72-46-39(62)36(59)34(57)29(14-51)67-46)42(35(58)30(15-52)68-47)71-44-38(61)33(56)27(55)18-64-44/h19-47,51-63H,5-18H2,1-4H3/t19-,20+,21+,22-,23+,24+,25-,26-,27-,28+,29-,30-,31-,32+,33+,34-,35-,36+,37-,38-,39-,40-,41+,42+,43-,44+,45-,46+,47+,48-,49+,50-/m1/s1. The van der Waals surface area contributed by atoms with E-state index in [-0.39, 0.29) is 28.8 Å². The Bertz CT molecular complexity index is 1860. The SMILES string of the molecule is C[C@@H]1CC[C@@]2(OC1)O[C@H]1C[C@H]3[C@@H]4C[C@@H](O)[C@H]5C[C@@H](O[C@@H]6O[C@H](CO)[C@H](O[C@@H]7O[C@H](CO)[C@@H](O)[C@H](O[C@@H]8OC[C@@H](O)[C@H](O)[C@H]8O)[C@H]7O[C@@H]7O[C@H](CO)[C@@H](O)[C@H](O)[C@H]7O)[C@H](O)[C@H]6O)CC[C@]5(C)[C@H]4CC[C@]3(C)[C@H]1[C@@H]2C. The quantitative estimate of drug-likeness (QED) is 0.0902. The summed E-state index contributed by atoms with van der Waals surface area (Å²) in [6.45, 7) is 7.00. The Labute approximate surface area is 424 Å². The Hall–Kier alpha value is -0.920. The van der Waals surface area contributed by atoms with E-state index < -0.39 is 161 Å². The van der Waals surface area contributed by atoms with Crippen molar-refractivity contribution < 1.29 is 114 Å². The Morgan fingerprint density at radius 3 is 1.81 bits per heavy atom. The first-order valence-electron chi connectivity index (χ1n) is 26.8. The van der Waals surface area contributed by atoms with Crippen LogP contribution in [0.15, 0.2) is 0 Å². The van der Waals surface area contributed by atoms with Gasteiger partial charge < -0.3 is 114 Å². The number of hydrogen-bond donors (Lipinski definition) is 13. The van der Waals surface area contributed by atoms with Crippen LogP contribution in [-0.2, 0) is 47.4 Å². The second-order valence-electron chi connectivity index (χ2n) is 24.0. The molecule has 23 heteroatoms. The molecule has 0 aromatic carbocycles. The van der Waals surface area contributed by atoms with E-state index in [4.69, 9.17) is 47.4 Å². The molecule has 32 atom stereocenters. The fraction of sp³-hybridized carbons (Fsp3) is 1.00. The lowest BCUT2D eigenvalue weighted by molar-refractivity contribution is -0.404. The molecule has 420 valence electrons. The van der Waals surface area contributed by atoms with Crippen LogP contribution in [0.1, 0.15) is 85.5 Å². The summed E-state index contributed by atoms with van der Waals surface area (Å²) in [5.74, 6) is 1.71. The maximum Gasteiger partial charge on any atom is 0.187 e. The summed E-state index contributed by atoms with van der Waals surface area (Å²) in [5.41, 5.74) is -0.111. The van der Waals surface area contributed by atoms with Gasteiger partial charge in [-0.3, -0.25) is 0 Å². The van der Waals surface area contributed by atoms with Crippen LogP contribution in [-0.4, -0.2) is 240 Å². The molecule has 0 radical (unpaired) electrons. The van der Waals surface area contributed by atoms with Crippen molar-refractivity contribution in [3.63, 3.8) is 0 Å². The molecule has 0 aromatic rings. The fourth-order valence-electron chi connectivity index (χ4n) is 15.9. The topological polar surface area (TPSA) is 355 Å². The third-order valence-electron chi connectivity index (χ3n) is 20.0. The van der Waals surface area contributed by atoms with E-state index in [1.165, 1.54) is 0 Å². The highest BCUT2D eigenvalue weighted by molar-refractivity contribution is 5.16. The second kappa shape index (κ2) is 21.3. The molecule has 23 nitrogen and oxygen atoms in total. The van der Waals surface area contributed by atoms with Crippen molar-refractivity contribution in [2.24, 2.45) is 52.3 Å². The van der Waals surface area contributed by atoms with Crippen LogP contribution in [0.25, 0.3) is 0 Å². The zero-order valence-corrected chi connectivity index (χ0v) is 42.0. The van der Waals surface area contributed by atoms with Crippen molar-refractivity contribution in [2.45, 2.75) is 226 Å². The van der Waals surface area contributed by atoms with E-state index in [0.29, 0.717) is 48.9 Å². The van der Waals surface area contributed by atoms with E-state index in [1.807, 2.05) is 0 Å². The van der Waals surface area contributed by atoms with Crippen LogP contribution >= 0.6 is 0 Å². The molecule has 0 amide bonds. The van der Waals surface area contributed by atoms with Gasteiger partial charge >= 0.3 is 0 Å². The summed E-state index contributed by atoms with van der Waals surface area (Å²) in [4.78, 5) is 0. The van der Waals surface area contributed by atoms with Gasteiger partial charge in [0, 0.05) is 12.3 Å². The lowest BCUT2D eigenvalue weighted by Gasteiger charge is -2.62. The molecule has 13 N–H and O–H groups in total. The van der Waals surface area contributed by atoms with Gasteiger partial charge in [0.05, 0.1) is 51.3 Å².